The summed E-state index contributed by atoms with van der Waals surface area (Å²) in [5.74, 6) is 1.68. The molecule has 0 bridgehead atoms. The van der Waals surface area contributed by atoms with Crippen molar-refractivity contribution in [3.8, 4) is 11.5 Å². The van der Waals surface area contributed by atoms with Crippen molar-refractivity contribution in [1.82, 2.24) is 9.78 Å². The Morgan fingerprint density at radius 1 is 1.45 bits per heavy atom. The standard InChI is InChI=1S/C15H17ClN2O2/c1-10(2)18-8-14(7-17-18)20-9-12-6-13(16)5-11-3-4-19-15(11)12/h5-8,10H,3-4,9H2,1-2H3. The summed E-state index contributed by atoms with van der Waals surface area (Å²) in [6.45, 7) is 5.31. The van der Waals surface area contributed by atoms with Crippen molar-refractivity contribution in [2.45, 2.75) is 32.9 Å². The SMILES string of the molecule is CC(C)n1cc(OCc2cc(Cl)cc3c2OCC3)cn1. The van der Waals surface area contributed by atoms with Crippen LogP contribution in [-0.2, 0) is 13.0 Å². The molecule has 0 spiro atoms. The first kappa shape index (κ1) is 13.3. The van der Waals surface area contributed by atoms with Crippen LogP contribution in [-0.4, -0.2) is 16.4 Å². The van der Waals surface area contributed by atoms with Crippen molar-refractivity contribution < 1.29 is 9.47 Å². The highest BCUT2D eigenvalue weighted by Crippen LogP contribution is 2.33. The third kappa shape index (κ3) is 2.61. The molecule has 0 unspecified atom stereocenters. The van der Waals surface area contributed by atoms with Crippen LogP contribution >= 0.6 is 11.6 Å². The summed E-state index contributed by atoms with van der Waals surface area (Å²) >= 11 is 6.13. The number of hydrogen-bond acceptors (Lipinski definition) is 3. The highest BCUT2D eigenvalue weighted by atomic mass is 35.5. The molecule has 0 atom stereocenters. The summed E-state index contributed by atoms with van der Waals surface area (Å²) in [5.41, 5.74) is 2.15. The highest BCUT2D eigenvalue weighted by Gasteiger charge is 2.18. The largest absolute Gasteiger partial charge is 0.493 e. The Kier molecular flexibility index (Phi) is 3.57. The summed E-state index contributed by atoms with van der Waals surface area (Å²) in [4.78, 5) is 0. The normalized spacial score (nSPS) is 13.4. The fourth-order valence-electron chi connectivity index (χ4n) is 2.29. The molecule has 1 aromatic heterocycles. The quantitative estimate of drug-likeness (QED) is 0.863. The van der Waals surface area contributed by atoms with Crippen LogP contribution < -0.4 is 9.47 Å². The van der Waals surface area contributed by atoms with Crippen LogP contribution in [0.2, 0.25) is 5.02 Å². The fraction of sp³-hybridized carbons (Fsp3) is 0.400. The molecule has 2 aromatic rings. The van der Waals surface area contributed by atoms with Crippen molar-refractivity contribution in [2.75, 3.05) is 6.61 Å². The Hall–Kier alpha value is -1.68. The summed E-state index contributed by atoms with van der Waals surface area (Å²) in [7, 11) is 0. The molecule has 3 rings (SSSR count). The average Bonchev–Trinajstić information content (AvgIpc) is 3.04. The van der Waals surface area contributed by atoms with Crippen LogP contribution in [0.3, 0.4) is 0 Å². The maximum atomic E-state index is 6.13. The minimum atomic E-state index is 0.325. The molecule has 2 heterocycles. The van der Waals surface area contributed by atoms with Gasteiger partial charge in [-0.3, -0.25) is 4.68 Å². The van der Waals surface area contributed by atoms with Gasteiger partial charge in [0.1, 0.15) is 12.4 Å². The van der Waals surface area contributed by atoms with Gasteiger partial charge in [-0.15, -0.1) is 0 Å². The molecule has 0 amide bonds. The van der Waals surface area contributed by atoms with Crippen LogP contribution in [0.15, 0.2) is 24.5 Å². The number of aromatic nitrogens is 2. The second kappa shape index (κ2) is 5.37. The van der Waals surface area contributed by atoms with Gasteiger partial charge in [0.25, 0.3) is 0 Å². The first-order chi connectivity index (χ1) is 9.63. The van der Waals surface area contributed by atoms with Crippen molar-refractivity contribution in [3.05, 3.63) is 40.7 Å². The van der Waals surface area contributed by atoms with Crippen molar-refractivity contribution in [2.24, 2.45) is 0 Å². The van der Waals surface area contributed by atoms with Crippen LogP contribution in [0.25, 0.3) is 0 Å². The molecular formula is C15H17ClN2O2. The Bertz CT molecular complexity index is 622. The molecule has 20 heavy (non-hydrogen) atoms. The third-order valence-corrected chi connectivity index (χ3v) is 3.54. The first-order valence-corrected chi connectivity index (χ1v) is 7.12. The summed E-state index contributed by atoms with van der Waals surface area (Å²) in [6.07, 6.45) is 4.54. The molecule has 0 fully saturated rings. The lowest BCUT2D eigenvalue weighted by Gasteiger charge is -2.09. The monoisotopic (exact) mass is 292 g/mol. The zero-order valence-corrected chi connectivity index (χ0v) is 12.4. The van der Waals surface area contributed by atoms with Gasteiger partial charge in [0, 0.05) is 23.0 Å². The van der Waals surface area contributed by atoms with E-state index in [2.05, 4.69) is 18.9 Å². The van der Waals surface area contributed by atoms with Gasteiger partial charge in [-0.05, 0) is 31.5 Å². The zero-order valence-electron chi connectivity index (χ0n) is 11.6. The van der Waals surface area contributed by atoms with Gasteiger partial charge >= 0.3 is 0 Å². The lowest BCUT2D eigenvalue weighted by atomic mass is 10.1. The molecule has 1 aromatic carbocycles. The first-order valence-electron chi connectivity index (χ1n) is 6.74. The van der Waals surface area contributed by atoms with E-state index in [4.69, 9.17) is 21.1 Å². The summed E-state index contributed by atoms with van der Waals surface area (Å²) in [6, 6.07) is 4.19. The van der Waals surface area contributed by atoms with E-state index in [1.807, 2.05) is 23.0 Å². The topological polar surface area (TPSA) is 36.3 Å². The van der Waals surface area contributed by atoms with E-state index >= 15 is 0 Å². The molecule has 5 heteroatoms. The van der Waals surface area contributed by atoms with Crippen molar-refractivity contribution >= 4 is 11.6 Å². The van der Waals surface area contributed by atoms with Gasteiger partial charge in [-0.1, -0.05) is 11.6 Å². The maximum Gasteiger partial charge on any atom is 0.157 e. The predicted octanol–water partition coefficient (Wildman–Crippen LogP) is 3.63. The molecule has 0 radical (unpaired) electrons. The molecule has 4 nitrogen and oxygen atoms in total. The second-order valence-corrected chi connectivity index (χ2v) is 5.63. The molecule has 0 saturated heterocycles. The summed E-state index contributed by atoms with van der Waals surface area (Å²) in [5, 5.41) is 4.98. The van der Waals surface area contributed by atoms with Gasteiger partial charge in [0.05, 0.1) is 19.0 Å². The average molecular weight is 293 g/mol. The third-order valence-electron chi connectivity index (χ3n) is 3.33. The minimum Gasteiger partial charge on any atom is -0.493 e. The van der Waals surface area contributed by atoms with Crippen molar-refractivity contribution in [3.63, 3.8) is 0 Å². The van der Waals surface area contributed by atoms with Crippen LogP contribution in [0.1, 0.15) is 31.0 Å². The van der Waals surface area contributed by atoms with E-state index < -0.39 is 0 Å². The van der Waals surface area contributed by atoms with Crippen molar-refractivity contribution in [1.29, 1.82) is 0 Å². The Morgan fingerprint density at radius 2 is 2.30 bits per heavy atom. The Labute approximate surface area is 123 Å². The number of ether oxygens (including phenoxy) is 2. The zero-order chi connectivity index (χ0) is 14.1. The number of hydrogen-bond donors (Lipinski definition) is 0. The summed E-state index contributed by atoms with van der Waals surface area (Å²) < 4.78 is 13.3. The van der Waals surface area contributed by atoms with Gasteiger partial charge in [0.15, 0.2) is 5.75 Å². The number of halogens is 1. The highest BCUT2D eigenvalue weighted by molar-refractivity contribution is 6.30. The van der Waals surface area contributed by atoms with Gasteiger partial charge in [0.2, 0.25) is 0 Å². The maximum absolute atomic E-state index is 6.13. The fourth-order valence-corrected chi connectivity index (χ4v) is 2.56. The molecule has 1 aliphatic rings. The van der Waals surface area contributed by atoms with Gasteiger partial charge in [-0.25, -0.2) is 0 Å². The Morgan fingerprint density at radius 3 is 3.05 bits per heavy atom. The second-order valence-electron chi connectivity index (χ2n) is 5.19. The molecule has 0 aliphatic carbocycles. The number of rotatable bonds is 4. The molecule has 1 aliphatic heterocycles. The van der Waals surface area contributed by atoms with E-state index in [-0.39, 0.29) is 0 Å². The van der Waals surface area contributed by atoms with Crippen LogP contribution in [0.4, 0.5) is 0 Å². The predicted molar refractivity (Wildman–Crippen MR) is 77.6 cm³/mol. The van der Waals surface area contributed by atoms with Gasteiger partial charge in [-0.2, -0.15) is 5.10 Å². The van der Waals surface area contributed by atoms with E-state index in [1.165, 1.54) is 0 Å². The molecular weight excluding hydrogens is 276 g/mol. The number of nitrogens with zero attached hydrogens (tertiary/aromatic N) is 2. The molecule has 0 saturated carbocycles. The lowest BCUT2D eigenvalue weighted by molar-refractivity contribution is 0.291. The number of benzene rings is 1. The van der Waals surface area contributed by atoms with Gasteiger partial charge < -0.3 is 9.47 Å². The molecule has 0 N–H and O–H groups in total. The van der Waals surface area contributed by atoms with E-state index in [0.29, 0.717) is 19.3 Å². The smallest absolute Gasteiger partial charge is 0.157 e. The Balaban J connectivity index is 1.75. The van der Waals surface area contributed by atoms with Crippen LogP contribution in [0, 0.1) is 0 Å². The van der Waals surface area contributed by atoms with E-state index in [0.717, 1.165) is 34.1 Å². The minimum absolute atomic E-state index is 0.325. The lowest BCUT2D eigenvalue weighted by Crippen LogP contribution is -2.00. The van der Waals surface area contributed by atoms with E-state index in [9.17, 15) is 0 Å². The number of fused-ring (bicyclic) bond motifs is 1. The molecule has 106 valence electrons. The van der Waals surface area contributed by atoms with Crippen LogP contribution in [0.5, 0.6) is 11.5 Å². The van der Waals surface area contributed by atoms with E-state index in [1.54, 1.807) is 6.20 Å².